The molecule has 0 aliphatic rings. The van der Waals surface area contributed by atoms with E-state index < -0.39 is 0 Å². The van der Waals surface area contributed by atoms with E-state index in [1.165, 1.54) is 18.3 Å². The Morgan fingerprint density at radius 1 is 1.20 bits per heavy atom. The van der Waals surface area contributed by atoms with Crippen molar-refractivity contribution in [2.75, 3.05) is 5.73 Å². The third-order valence-corrected chi connectivity index (χ3v) is 5.24. The third kappa shape index (κ3) is 2.40. The summed E-state index contributed by atoms with van der Waals surface area (Å²) in [7, 11) is 0. The number of aromatic nitrogens is 3. The lowest BCUT2D eigenvalue weighted by molar-refractivity contribution is 0.101. The molecule has 0 aliphatic heterocycles. The molecule has 0 spiro atoms. The number of ketones is 1. The zero-order valence-corrected chi connectivity index (χ0v) is 14.4. The number of carbonyl (C=O) groups is 1. The number of hydrogen-bond acceptors (Lipinski definition) is 6. The van der Waals surface area contributed by atoms with Crippen LogP contribution in [0.3, 0.4) is 0 Å². The van der Waals surface area contributed by atoms with Crippen molar-refractivity contribution in [2.24, 2.45) is 0 Å². The van der Waals surface area contributed by atoms with E-state index in [-0.39, 0.29) is 11.3 Å². The number of Topliss-reactive ketones (excluding diaryl/α,β-unsaturated/α-hetero) is 1. The molecule has 7 heteroatoms. The fourth-order valence-electron chi connectivity index (χ4n) is 2.85. The normalized spacial score (nSPS) is 11.3. The van der Waals surface area contributed by atoms with E-state index in [2.05, 4.69) is 15.0 Å². The molecule has 124 valence electrons. The lowest BCUT2D eigenvalue weighted by Crippen LogP contribution is -2.09. The summed E-state index contributed by atoms with van der Waals surface area (Å²) in [4.78, 5) is 37.2. The van der Waals surface area contributed by atoms with Crippen molar-refractivity contribution >= 4 is 43.9 Å². The van der Waals surface area contributed by atoms with Crippen molar-refractivity contribution < 1.29 is 4.79 Å². The maximum Gasteiger partial charge on any atom is 0.259 e. The molecule has 3 aromatic heterocycles. The van der Waals surface area contributed by atoms with Gasteiger partial charge in [0.1, 0.15) is 4.83 Å². The zero-order valence-electron chi connectivity index (χ0n) is 13.6. The number of aryl methyl sites for hydroxylation is 1. The van der Waals surface area contributed by atoms with Gasteiger partial charge in [-0.2, -0.15) is 0 Å². The Bertz CT molecular complexity index is 1220. The number of anilines is 1. The van der Waals surface area contributed by atoms with Gasteiger partial charge in [0.05, 0.1) is 21.5 Å². The van der Waals surface area contributed by atoms with Crippen LogP contribution in [0.25, 0.3) is 31.8 Å². The molecule has 1 aromatic carbocycles. The van der Waals surface area contributed by atoms with Crippen molar-refractivity contribution in [2.45, 2.75) is 13.8 Å². The topological polar surface area (TPSA) is 102 Å². The van der Waals surface area contributed by atoms with Gasteiger partial charge < -0.3 is 10.7 Å². The molecule has 0 bridgehead atoms. The first-order valence-electron chi connectivity index (χ1n) is 7.65. The van der Waals surface area contributed by atoms with E-state index in [0.717, 1.165) is 0 Å². The number of pyridine rings is 1. The minimum Gasteiger partial charge on any atom is -0.397 e. The molecule has 0 radical (unpaired) electrons. The summed E-state index contributed by atoms with van der Waals surface area (Å²) in [5.74, 6) is 0.350. The highest BCUT2D eigenvalue weighted by atomic mass is 32.1. The molecular formula is C18H14N4O2S. The maximum absolute atomic E-state index is 12.3. The van der Waals surface area contributed by atoms with Crippen molar-refractivity contribution in [1.82, 2.24) is 15.0 Å². The van der Waals surface area contributed by atoms with Gasteiger partial charge in [-0.25, -0.2) is 9.97 Å². The summed E-state index contributed by atoms with van der Waals surface area (Å²) in [6.07, 6.45) is 0. The first-order valence-corrected chi connectivity index (χ1v) is 8.47. The molecule has 0 atom stereocenters. The number of nitrogen functional groups attached to an aromatic ring is 1. The van der Waals surface area contributed by atoms with Crippen molar-refractivity contribution in [3.8, 4) is 10.7 Å². The van der Waals surface area contributed by atoms with Gasteiger partial charge in [0.25, 0.3) is 5.56 Å². The lowest BCUT2D eigenvalue weighted by atomic mass is 10.1. The van der Waals surface area contributed by atoms with Crippen LogP contribution < -0.4 is 11.3 Å². The van der Waals surface area contributed by atoms with Gasteiger partial charge in [0, 0.05) is 16.6 Å². The van der Waals surface area contributed by atoms with Gasteiger partial charge in [0.15, 0.2) is 11.6 Å². The molecule has 0 amide bonds. The largest absolute Gasteiger partial charge is 0.397 e. The summed E-state index contributed by atoms with van der Waals surface area (Å²) >= 11 is 1.35. The third-order valence-electron chi connectivity index (χ3n) is 4.12. The van der Waals surface area contributed by atoms with E-state index in [4.69, 9.17) is 5.73 Å². The predicted molar refractivity (Wildman–Crippen MR) is 100 cm³/mol. The smallest absolute Gasteiger partial charge is 0.259 e. The Hall–Kier alpha value is -3.06. The predicted octanol–water partition coefficient (Wildman–Crippen LogP) is 3.29. The van der Waals surface area contributed by atoms with Crippen LogP contribution >= 0.6 is 11.3 Å². The molecule has 0 fully saturated rings. The second-order valence-corrected chi connectivity index (χ2v) is 6.81. The van der Waals surface area contributed by atoms with Crippen LogP contribution in [-0.4, -0.2) is 20.7 Å². The van der Waals surface area contributed by atoms with Crippen LogP contribution in [0.2, 0.25) is 0 Å². The molecule has 4 rings (SSSR count). The van der Waals surface area contributed by atoms with Crippen LogP contribution in [0.1, 0.15) is 23.0 Å². The van der Waals surface area contributed by atoms with Crippen molar-refractivity contribution in [3.05, 3.63) is 51.9 Å². The number of H-pyrrole nitrogens is 1. The SMILES string of the molecule is CC(=O)c1cc2c(N)c(-c3nc4ccccc4c(=O)[nH]3)sc2nc1C. The first kappa shape index (κ1) is 15.5. The number of para-hydroxylation sites is 1. The zero-order chi connectivity index (χ0) is 17.7. The average Bonchev–Trinajstić information content (AvgIpc) is 2.90. The number of nitrogens with one attached hydrogen (secondary N) is 1. The van der Waals surface area contributed by atoms with Crippen LogP contribution in [0.15, 0.2) is 35.1 Å². The average molecular weight is 350 g/mol. The second-order valence-electron chi connectivity index (χ2n) is 5.81. The molecule has 3 heterocycles. The first-order chi connectivity index (χ1) is 12.0. The van der Waals surface area contributed by atoms with Crippen LogP contribution in [0.4, 0.5) is 5.69 Å². The fraction of sp³-hybridized carbons (Fsp3) is 0.111. The number of benzene rings is 1. The summed E-state index contributed by atoms with van der Waals surface area (Å²) in [6, 6.07) is 8.89. The van der Waals surface area contributed by atoms with E-state index in [0.29, 0.717) is 48.8 Å². The monoisotopic (exact) mass is 350 g/mol. The Balaban J connectivity index is 2.00. The summed E-state index contributed by atoms with van der Waals surface area (Å²) in [5.41, 5.74) is 8.34. The molecule has 0 saturated carbocycles. The fourth-order valence-corrected chi connectivity index (χ4v) is 3.92. The van der Waals surface area contributed by atoms with E-state index >= 15 is 0 Å². The summed E-state index contributed by atoms with van der Waals surface area (Å²) < 4.78 is 0. The molecule has 0 aliphatic carbocycles. The number of rotatable bonds is 2. The quantitative estimate of drug-likeness (QED) is 0.540. The number of nitrogens with zero attached hydrogens (tertiary/aromatic N) is 2. The molecule has 3 N–H and O–H groups in total. The molecule has 0 saturated heterocycles. The van der Waals surface area contributed by atoms with Gasteiger partial charge in [0.2, 0.25) is 0 Å². The standard InChI is InChI=1S/C18H14N4O2S/c1-8-11(9(2)23)7-12-14(19)15(25-18(12)20-8)16-21-13-6-4-3-5-10(13)17(24)22-16/h3-7H,19H2,1-2H3,(H,21,22,24). The summed E-state index contributed by atoms with van der Waals surface area (Å²) in [5, 5.41) is 1.23. The van der Waals surface area contributed by atoms with Gasteiger partial charge in [-0.1, -0.05) is 12.1 Å². The molecular weight excluding hydrogens is 336 g/mol. The minimum absolute atomic E-state index is 0.0590. The van der Waals surface area contributed by atoms with Gasteiger partial charge in [-0.15, -0.1) is 11.3 Å². The molecule has 6 nitrogen and oxygen atoms in total. The number of fused-ring (bicyclic) bond motifs is 2. The maximum atomic E-state index is 12.3. The van der Waals surface area contributed by atoms with Crippen molar-refractivity contribution in [3.63, 3.8) is 0 Å². The van der Waals surface area contributed by atoms with Crippen LogP contribution in [0, 0.1) is 6.92 Å². The molecule has 4 aromatic rings. The highest BCUT2D eigenvalue weighted by Crippen LogP contribution is 2.39. The van der Waals surface area contributed by atoms with E-state index in [9.17, 15) is 9.59 Å². The second kappa shape index (κ2) is 5.49. The Morgan fingerprint density at radius 2 is 1.96 bits per heavy atom. The number of thiophene rings is 1. The lowest BCUT2D eigenvalue weighted by Gasteiger charge is -2.02. The van der Waals surface area contributed by atoms with Gasteiger partial charge in [-0.05, 0) is 32.0 Å². The molecule has 0 unspecified atom stereocenters. The van der Waals surface area contributed by atoms with Crippen LogP contribution in [-0.2, 0) is 0 Å². The van der Waals surface area contributed by atoms with Gasteiger partial charge >= 0.3 is 0 Å². The Labute approximate surface area is 146 Å². The molecule has 25 heavy (non-hydrogen) atoms. The van der Waals surface area contributed by atoms with Crippen LogP contribution in [0.5, 0.6) is 0 Å². The number of hydrogen-bond donors (Lipinski definition) is 2. The van der Waals surface area contributed by atoms with E-state index in [1.807, 2.05) is 6.07 Å². The Morgan fingerprint density at radius 3 is 2.72 bits per heavy atom. The Kier molecular flexibility index (Phi) is 3.40. The number of aromatic amines is 1. The highest BCUT2D eigenvalue weighted by Gasteiger charge is 2.18. The number of carbonyl (C=O) groups excluding carboxylic acids is 1. The van der Waals surface area contributed by atoms with E-state index in [1.54, 1.807) is 31.2 Å². The summed E-state index contributed by atoms with van der Waals surface area (Å²) in [6.45, 7) is 3.30. The minimum atomic E-state index is -0.217. The highest BCUT2D eigenvalue weighted by molar-refractivity contribution is 7.22. The van der Waals surface area contributed by atoms with Gasteiger partial charge in [-0.3, -0.25) is 9.59 Å². The number of nitrogens with two attached hydrogens (primary N) is 1. The van der Waals surface area contributed by atoms with Crippen molar-refractivity contribution in [1.29, 1.82) is 0 Å².